The molecule has 0 amide bonds. The molecule has 0 atom stereocenters. The van der Waals surface area contributed by atoms with E-state index in [-0.39, 0.29) is 0 Å². The first-order chi connectivity index (χ1) is 13.9. The van der Waals surface area contributed by atoms with Crippen LogP contribution in [-0.4, -0.2) is 30.3 Å². The van der Waals surface area contributed by atoms with Gasteiger partial charge in [0.25, 0.3) is 0 Å². The zero-order valence-corrected chi connectivity index (χ0v) is 14.9. The van der Waals surface area contributed by atoms with Crippen LogP contribution in [0.25, 0.3) is 16.9 Å². The summed E-state index contributed by atoms with van der Waals surface area (Å²) in [4.78, 5) is 8.84. The van der Waals surface area contributed by atoms with Gasteiger partial charge in [-0.3, -0.25) is 9.69 Å². The van der Waals surface area contributed by atoms with E-state index in [0.29, 0.717) is 23.6 Å². The first-order valence-electron chi connectivity index (χ1n) is 8.76. The Hall–Kier alpha value is -3.60. The number of halogens is 3. The number of nitrogens with one attached hydrogen (secondary N) is 2. The SMILES string of the molecule is FC(F)(F)Cn1cc(-c2ccc3c(n2)N(Cc2ccc4nccn4c2)NN3)cn1. The molecule has 5 heterocycles. The molecule has 0 saturated heterocycles. The highest BCUT2D eigenvalue weighted by Crippen LogP contribution is 2.31. The van der Waals surface area contributed by atoms with Crippen LogP contribution in [0.4, 0.5) is 24.7 Å². The van der Waals surface area contributed by atoms with Gasteiger partial charge in [0.1, 0.15) is 12.2 Å². The number of hydrogen-bond donors (Lipinski definition) is 2. The van der Waals surface area contributed by atoms with Crippen molar-refractivity contribution in [1.29, 1.82) is 0 Å². The lowest BCUT2D eigenvalue weighted by atomic mass is 10.2. The van der Waals surface area contributed by atoms with Crippen LogP contribution < -0.4 is 16.0 Å². The molecule has 0 radical (unpaired) electrons. The second-order valence-corrected chi connectivity index (χ2v) is 6.66. The van der Waals surface area contributed by atoms with Crippen LogP contribution in [0.3, 0.4) is 0 Å². The zero-order chi connectivity index (χ0) is 20.0. The van der Waals surface area contributed by atoms with Crippen molar-refractivity contribution < 1.29 is 13.2 Å². The van der Waals surface area contributed by atoms with Crippen molar-refractivity contribution >= 4 is 17.2 Å². The molecule has 1 aliphatic rings. The Kier molecular flexibility index (Phi) is 3.91. The van der Waals surface area contributed by atoms with E-state index in [9.17, 15) is 13.2 Å². The number of pyridine rings is 2. The topological polar surface area (TPSA) is 75.3 Å². The molecule has 0 spiro atoms. The van der Waals surface area contributed by atoms with Gasteiger partial charge in [0.15, 0.2) is 5.82 Å². The third kappa shape index (κ3) is 3.47. The van der Waals surface area contributed by atoms with Crippen LogP contribution in [0, 0.1) is 0 Å². The lowest BCUT2D eigenvalue weighted by Crippen LogP contribution is -2.35. The van der Waals surface area contributed by atoms with Crippen molar-refractivity contribution in [3.05, 3.63) is 60.8 Å². The number of alkyl halides is 3. The standard InChI is InChI=1S/C18H15F3N8/c19-18(20,21)11-28-10-13(7-23-28)14-2-3-15-17(24-14)29(26-25-15)9-12-1-4-16-22-5-6-27(16)8-12/h1-8,10,25-26H,9,11H2. The van der Waals surface area contributed by atoms with Gasteiger partial charge in [-0.25, -0.2) is 9.97 Å². The van der Waals surface area contributed by atoms with Crippen LogP contribution in [0.5, 0.6) is 0 Å². The highest BCUT2D eigenvalue weighted by molar-refractivity contribution is 5.73. The Labute approximate surface area is 162 Å². The molecule has 4 aromatic heterocycles. The van der Waals surface area contributed by atoms with Gasteiger partial charge in [0.05, 0.1) is 24.1 Å². The quantitative estimate of drug-likeness (QED) is 0.549. The van der Waals surface area contributed by atoms with E-state index in [4.69, 9.17) is 0 Å². The number of rotatable bonds is 4. The minimum Gasteiger partial charge on any atom is -0.307 e. The van der Waals surface area contributed by atoms with Crippen molar-refractivity contribution in [3.8, 4) is 11.3 Å². The number of anilines is 2. The summed E-state index contributed by atoms with van der Waals surface area (Å²) in [5.41, 5.74) is 9.82. The van der Waals surface area contributed by atoms with Crippen molar-refractivity contribution in [2.45, 2.75) is 19.3 Å². The van der Waals surface area contributed by atoms with Gasteiger partial charge in [0.2, 0.25) is 0 Å². The molecule has 2 N–H and O–H groups in total. The smallest absolute Gasteiger partial charge is 0.307 e. The summed E-state index contributed by atoms with van der Waals surface area (Å²) in [5.74, 6) is 0.650. The molecule has 148 valence electrons. The summed E-state index contributed by atoms with van der Waals surface area (Å²) in [6.07, 6.45) is 3.99. The van der Waals surface area contributed by atoms with Gasteiger partial charge in [-0.2, -0.15) is 18.3 Å². The summed E-state index contributed by atoms with van der Waals surface area (Å²) in [6.45, 7) is -0.609. The van der Waals surface area contributed by atoms with Crippen LogP contribution >= 0.6 is 0 Å². The van der Waals surface area contributed by atoms with Crippen LogP contribution in [0.15, 0.2) is 55.2 Å². The Balaban J connectivity index is 1.40. The monoisotopic (exact) mass is 400 g/mol. The van der Waals surface area contributed by atoms with Crippen LogP contribution in [0.2, 0.25) is 0 Å². The molecule has 29 heavy (non-hydrogen) atoms. The van der Waals surface area contributed by atoms with E-state index >= 15 is 0 Å². The average Bonchev–Trinajstić information content (AvgIpc) is 3.40. The molecule has 0 fully saturated rings. The molecular formula is C18H15F3N8. The van der Waals surface area contributed by atoms with Crippen molar-refractivity contribution in [2.75, 3.05) is 10.4 Å². The molecule has 0 saturated carbocycles. The Bertz CT molecular complexity index is 1180. The number of hydrazine groups is 2. The maximum absolute atomic E-state index is 12.6. The van der Waals surface area contributed by atoms with E-state index in [0.717, 1.165) is 21.6 Å². The first kappa shape index (κ1) is 17.5. The minimum atomic E-state index is -4.32. The molecule has 5 rings (SSSR count). The Morgan fingerprint density at radius 2 is 1.97 bits per heavy atom. The molecule has 11 heteroatoms. The normalized spacial score (nSPS) is 13.7. The number of hydrogen-bond acceptors (Lipinski definition) is 6. The number of fused-ring (bicyclic) bond motifs is 2. The fourth-order valence-corrected chi connectivity index (χ4v) is 3.22. The average molecular weight is 400 g/mol. The first-order valence-corrected chi connectivity index (χ1v) is 8.76. The van der Waals surface area contributed by atoms with E-state index in [1.54, 1.807) is 12.3 Å². The summed E-state index contributed by atoms with van der Waals surface area (Å²) in [5, 5.41) is 5.62. The van der Waals surface area contributed by atoms with E-state index in [2.05, 4.69) is 26.0 Å². The van der Waals surface area contributed by atoms with Crippen molar-refractivity contribution in [3.63, 3.8) is 0 Å². The molecule has 0 bridgehead atoms. The molecule has 0 unspecified atom stereocenters. The second-order valence-electron chi connectivity index (χ2n) is 6.66. The van der Waals surface area contributed by atoms with Gasteiger partial charge in [-0.15, -0.1) is 5.53 Å². The summed E-state index contributed by atoms with van der Waals surface area (Å²) < 4.78 is 40.5. The van der Waals surface area contributed by atoms with Crippen molar-refractivity contribution in [1.82, 2.24) is 29.7 Å². The van der Waals surface area contributed by atoms with Gasteiger partial charge in [-0.05, 0) is 23.8 Å². The zero-order valence-electron chi connectivity index (χ0n) is 14.9. The maximum Gasteiger partial charge on any atom is 0.408 e. The predicted molar refractivity (Wildman–Crippen MR) is 99.6 cm³/mol. The third-order valence-electron chi connectivity index (χ3n) is 4.52. The largest absolute Gasteiger partial charge is 0.408 e. The molecule has 1 aliphatic heterocycles. The number of imidazole rings is 1. The predicted octanol–water partition coefficient (Wildman–Crippen LogP) is 3.01. The molecule has 8 nitrogen and oxygen atoms in total. The van der Waals surface area contributed by atoms with Gasteiger partial charge in [-0.1, -0.05) is 6.07 Å². The summed E-state index contributed by atoms with van der Waals surface area (Å²) in [7, 11) is 0. The minimum absolute atomic E-state index is 0.517. The summed E-state index contributed by atoms with van der Waals surface area (Å²) >= 11 is 0. The Morgan fingerprint density at radius 1 is 1.07 bits per heavy atom. The fourth-order valence-electron chi connectivity index (χ4n) is 3.22. The van der Waals surface area contributed by atoms with E-state index in [1.165, 1.54) is 12.4 Å². The van der Waals surface area contributed by atoms with Crippen LogP contribution in [-0.2, 0) is 13.1 Å². The molecule has 0 aromatic carbocycles. The lowest BCUT2D eigenvalue weighted by molar-refractivity contribution is -0.142. The van der Waals surface area contributed by atoms with Gasteiger partial charge in [0, 0.05) is 30.4 Å². The van der Waals surface area contributed by atoms with Crippen molar-refractivity contribution in [2.24, 2.45) is 0 Å². The molecule has 0 aliphatic carbocycles. The molecule has 4 aromatic rings. The van der Waals surface area contributed by atoms with E-state index < -0.39 is 12.7 Å². The number of aromatic nitrogens is 5. The van der Waals surface area contributed by atoms with Gasteiger partial charge < -0.3 is 9.83 Å². The molecular weight excluding hydrogens is 385 g/mol. The van der Waals surface area contributed by atoms with E-state index in [1.807, 2.05) is 40.0 Å². The second kappa shape index (κ2) is 6.48. The maximum atomic E-state index is 12.6. The number of nitrogens with zero attached hydrogens (tertiary/aromatic N) is 6. The third-order valence-corrected chi connectivity index (χ3v) is 4.52. The van der Waals surface area contributed by atoms with Gasteiger partial charge >= 0.3 is 6.18 Å². The lowest BCUT2D eigenvalue weighted by Gasteiger charge is -2.17. The van der Waals surface area contributed by atoms with Crippen LogP contribution in [0.1, 0.15) is 5.56 Å². The summed E-state index contributed by atoms with van der Waals surface area (Å²) in [6, 6.07) is 7.47. The fraction of sp³-hybridized carbons (Fsp3) is 0.167. The Morgan fingerprint density at radius 3 is 2.83 bits per heavy atom. The highest BCUT2D eigenvalue weighted by Gasteiger charge is 2.28. The highest BCUT2D eigenvalue weighted by atomic mass is 19.4.